The lowest BCUT2D eigenvalue weighted by atomic mass is 10.1. The van der Waals surface area contributed by atoms with E-state index in [1.165, 1.54) is 18.2 Å². The summed E-state index contributed by atoms with van der Waals surface area (Å²) in [5, 5.41) is 0.272. The van der Waals surface area contributed by atoms with Gasteiger partial charge in [-0.1, -0.05) is 11.6 Å². The molecule has 0 spiro atoms. The molecule has 0 saturated heterocycles. The molecular weight excluding hydrogens is 287 g/mol. The summed E-state index contributed by atoms with van der Waals surface area (Å²) in [7, 11) is 0. The number of nitrogens with zero attached hydrogens (tertiary/aromatic N) is 1. The Labute approximate surface area is 110 Å². The van der Waals surface area contributed by atoms with Gasteiger partial charge in [-0.15, -0.1) is 13.2 Å². The maximum atomic E-state index is 11.8. The maximum absolute atomic E-state index is 11.8. The molecule has 102 valence electrons. The first-order valence-corrected chi connectivity index (χ1v) is 5.54. The van der Waals surface area contributed by atoms with Crippen molar-refractivity contribution in [3.8, 4) is 0 Å². The highest BCUT2D eigenvalue weighted by atomic mass is 35.5. The fraction of sp³-hybridized carbons (Fsp3) is 0.273. The molecule has 1 aromatic rings. The molecule has 1 aromatic carbocycles. The number of benzene rings is 1. The van der Waals surface area contributed by atoms with Gasteiger partial charge in [0.1, 0.15) is 0 Å². The average molecular weight is 294 g/mol. The average Bonchev–Trinajstić information content (AvgIpc) is 2.53. The number of rotatable bonds is 3. The van der Waals surface area contributed by atoms with Crippen LogP contribution in [0.1, 0.15) is 10.4 Å². The molecular formula is C11H7ClF3NO3. The molecule has 4 nitrogen and oxygen atoms in total. The molecule has 0 aromatic heterocycles. The molecule has 19 heavy (non-hydrogen) atoms. The third-order valence-corrected chi connectivity index (χ3v) is 2.75. The lowest BCUT2D eigenvalue weighted by molar-refractivity contribution is -0.323. The molecule has 0 aliphatic carbocycles. The minimum Gasteiger partial charge on any atom is -0.302 e. The van der Waals surface area contributed by atoms with Crippen LogP contribution in [-0.4, -0.2) is 31.2 Å². The molecule has 0 saturated carbocycles. The number of fused-ring (bicyclic) bond motifs is 1. The van der Waals surface area contributed by atoms with Crippen LogP contribution in [0.2, 0.25) is 5.02 Å². The van der Waals surface area contributed by atoms with Crippen LogP contribution >= 0.6 is 11.6 Å². The van der Waals surface area contributed by atoms with E-state index in [0.717, 1.165) is 4.90 Å². The van der Waals surface area contributed by atoms with E-state index >= 15 is 0 Å². The third kappa shape index (κ3) is 2.87. The Balaban J connectivity index is 2.15. The van der Waals surface area contributed by atoms with Gasteiger partial charge in [-0.3, -0.25) is 14.3 Å². The van der Waals surface area contributed by atoms with E-state index in [2.05, 4.69) is 4.74 Å². The van der Waals surface area contributed by atoms with Crippen molar-refractivity contribution in [2.75, 3.05) is 18.1 Å². The summed E-state index contributed by atoms with van der Waals surface area (Å²) in [4.78, 5) is 24.2. The van der Waals surface area contributed by atoms with Crippen LogP contribution in [-0.2, 0) is 9.53 Å². The largest absolute Gasteiger partial charge is 0.522 e. The zero-order valence-electron chi connectivity index (χ0n) is 9.33. The molecule has 2 rings (SSSR count). The Morgan fingerprint density at radius 1 is 1.26 bits per heavy atom. The Hall–Kier alpha value is -1.60. The van der Waals surface area contributed by atoms with E-state index in [4.69, 9.17) is 11.6 Å². The second-order valence-electron chi connectivity index (χ2n) is 3.74. The first kappa shape index (κ1) is 13.8. The van der Waals surface area contributed by atoms with Crippen LogP contribution < -0.4 is 4.90 Å². The smallest absolute Gasteiger partial charge is 0.302 e. The first-order chi connectivity index (χ1) is 8.79. The minimum atomic E-state index is -4.77. The van der Waals surface area contributed by atoms with Crippen molar-refractivity contribution < 1.29 is 27.5 Å². The van der Waals surface area contributed by atoms with E-state index in [1.54, 1.807) is 0 Å². The van der Waals surface area contributed by atoms with Gasteiger partial charge in [0.2, 0.25) is 0 Å². The number of alkyl halides is 3. The fourth-order valence-corrected chi connectivity index (χ4v) is 1.92. The summed E-state index contributed by atoms with van der Waals surface area (Å²) >= 11 is 5.69. The molecule has 8 heteroatoms. The van der Waals surface area contributed by atoms with Crippen molar-refractivity contribution in [3.05, 3.63) is 28.8 Å². The molecule has 0 atom stereocenters. The number of amides is 1. The van der Waals surface area contributed by atoms with Gasteiger partial charge in [-0.2, -0.15) is 0 Å². The van der Waals surface area contributed by atoms with Gasteiger partial charge in [-0.25, -0.2) is 0 Å². The maximum Gasteiger partial charge on any atom is 0.522 e. The summed E-state index contributed by atoms with van der Waals surface area (Å²) in [5.41, 5.74) is 0.328. The van der Waals surface area contributed by atoms with E-state index in [1.807, 2.05) is 0 Å². The van der Waals surface area contributed by atoms with Gasteiger partial charge in [0.15, 0.2) is 0 Å². The first-order valence-electron chi connectivity index (χ1n) is 5.16. The van der Waals surface area contributed by atoms with Gasteiger partial charge in [-0.05, 0) is 18.2 Å². The number of anilines is 1. The van der Waals surface area contributed by atoms with Crippen molar-refractivity contribution >= 4 is 29.0 Å². The predicted octanol–water partition coefficient (Wildman–Crippen LogP) is 2.41. The molecule has 0 radical (unpaired) electrons. The highest BCUT2D eigenvalue weighted by Gasteiger charge is 2.36. The van der Waals surface area contributed by atoms with Crippen LogP contribution in [0.15, 0.2) is 18.2 Å². The molecule has 1 aliphatic heterocycles. The summed E-state index contributed by atoms with van der Waals surface area (Å²) in [6, 6.07) is 4.17. The van der Waals surface area contributed by atoms with Gasteiger partial charge < -0.3 is 4.90 Å². The van der Waals surface area contributed by atoms with Crippen molar-refractivity contribution in [1.29, 1.82) is 0 Å². The summed E-state index contributed by atoms with van der Waals surface area (Å²) in [5.74, 6) is -1.67. The number of ketones is 1. The van der Waals surface area contributed by atoms with E-state index < -0.39 is 24.7 Å². The second kappa shape index (κ2) is 4.82. The van der Waals surface area contributed by atoms with E-state index in [9.17, 15) is 22.8 Å². The lowest BCUT2D eigenvalue weighted by Crippen LogP contribution is -2.34. The fourth-order valence-electron chi connectivity index (χ4n) is 1.75. The number of ether oxygens (including phenoxy) is 1. The molecule has 1 heterocycles. The minimum absolute atomic E-state index is 0.0875. The third-order valence-electron chi connectivity index (χ3n) is 2.51. The van der Waals surface area contributed by atoms with Crippen LogP contribution in [0.3, 0.4) is 0 Å². The zero-order valence-corrected chi connectivity index (χ0v) is 10.1. The Kier molecular flexibility index (Phi) is 3.51. The van der Waals surface area contributed by atoms with Crippen molar-refractivity contribution in [1.82, 2.24) is 0 Å². The molecule has 0 N–H and O–H groups in total. The lowest BCUT2D eigenvalue weighted by Gasteiger charge is -2.17. The van der Waals surface area contributed by atoms with E-state index in [0.29, 0.717) is 0 Å². The highest BCUT2D eigenvalue weighted by Crippen LogP contribution is 2.31. The molecule has 1 amide bonds. The Morgan fingerprint density at radius 3 is 2.58 bits per heavy atom. The summed E-state index contributed by atoms with van der Waals surface area (Å²) in [6.07, 6.45) is -4.77. The van der Waals surface area contributed by atoms with Crippen LogP contribution in [0.4, 0.5) is 18.9 Å². The van der Waals surface area contributed by atoms with Crippen molar-refractivity contribution in [2.24, 2.45) is 0 Å². The normalized spacial score (nSPS) is 15.1. The zero-order chi connectivity index (χ0) is 14.2. The standard InChI is InChI=1S/C11H7ClF3NO3/c12-6-1-2-8-7(5-6)9(17)10(18)16(8)3-4-19-11(13,14)15/h1-2,5H,3-4H2. The molecule has 0 unspecified atom stereocenters. The predicted molar refractivity (Wildman–Crippen MR) is 60.1 cm³/mol. The Morgan fingerprint density at radius 2 is 1.95 bits per heavy atom. The van der Waals surface area contributed by atoms with Crippen LogP contribution in [0.25, 0.3) is 0 Å². The number of halogens is 4. The molecule has 1 aliphatic rings. The number of carbonyl (C=O) groups is 2. The quantitative estimate of drug-likeness (QED) is 0.804. The Bertz CT molecular complexity index is 544. The second-order valence-corrected chi connectivity index (χ2v) is 4.18. The summed E-state index contributed by atoms with van der Waals surface area (Å²) < 4.78 is 39.1. The van der Waals surface area contributed by atoms with E-state index in [-0.39, 0.29) is 22.8 Å². The summed E-state index contributed by atoms with van der Waals surface area (Å²) in [6.45, 7) is -1.11. The number of carbonyl (C=O) groups excluding carboxylic acids is 2. The molecule has 0 bridgehead atoms. The van der Waals surface area contributed by atoms with Gasteiger partial charge >= 0.3 is 6.36 Å². The topological polar surface area (TPSA) is 46.6 Å². The number of Topliss-reactive ketones (excluding diaryl/α,β-unsaturated/α-hetero) is 1. The van der Waals surface area contributed by atoms with Gasteiger partial charge in [0.25, 0.3) is 11.7 Å². The van der Waals surface area contributed by atoms with Crippen molar-refractivity contribution in [3.63, 3.8) is 0 Å². The molecule has 0 fully saturated rings. The SMILES string of the molecule is O=C1C(=O)N(CCOC(F)(F)F)c2ccc(Cl)cc21. The van der Waals surface area contributed by atoms with Crippen LogP contribution in [0.5, 0.6) is 0 Å². The number of hydrogen-bond donors (Lipinski definition) is 0. The van der Waals surface area contributed by atoms with Gasteiger partial charge in [0.05, 0.1) is 24.4 Å². The van der Waals surface area contributed by atoms with Crippen LogP contribution in [0, 0.1) is 0 Å². The van der Waals surface area contributed by atoms with Crippen molar-refractivity contribution in [2.45, 2.75) is 6.36 Å². The van der Waals surface area contributed by atoms with Gasteiger partial charge in [0, 0.05) is 5.02 Å². The monoisotopic (exact) mass is 293 g/mol. The number of hydrogen-bond acceptors (Lipinski definition) is 3. The highest BCUT2D eigenvalue weighted by molar-refractivity contribution is 6.52.